The molecule has 7 nitrogen and oxygen atoms in total. The summed E-state index contributed by atoms with van der Waals surface area (Å²) in [7, 11) is 0. The normalized spacial score (nSPS) is 14.8. The van der Waals surface area contributed by atoms with Crippen LogP contribution in [0, 0.1) is 12.8 Å². The zero-order valence-corrected chi connectivity index (χ0v) is 16.0. The molecule has 2 amide bonds. The van der Waals surface area contributed by atoms with E-state index in [4.69, 9.17) is 0 Å². The quantitative estimate of drug-likeness (QED) is 0.755. The fourth-order valence-electron chi connectivity index (χ4n) is 3.59. The van der Waals surface area contributed by atoms with Gasteiger partial charge in [0, 0.05) is 49.5 Å². The molecule has 1 aliphatic rings. The predicted molar refractivity (Wildman–Crippen MR) is 108 cm³/mol. The lowest BCUT2D eigenvalue weighted by Crippen LogP contribution is -2.41. The van der Waals surface area contributed by atoms with Crippen LogP contribution in [0.15, 0.2) is 55.2 Å². The molecule has 1 N–H and O–H groups in total. The van der Waals surface area contributed by atoms with Crippen LogP contribution in [0.5, 0.6) is 0 Å². The van der Waals surface area contributed by atoms with Gasteiger partial charge in [0.25, 0.3) is 0 Å². The second-order valence-corrected chi connectivity index (χ2v) is 7.19. The number of carbonyl (C=O) groups excluding carboxylic acids is 1. The summed E-state index contributed by atoms with van der Waals surface area (Å²) < 4.78 is 2.11. The summed E-state index contributed by atoms with van der Waals surface area (Å²) in [5.41, 5.74) is 2.59. The van der Waals surface area contributed by atoms with E-state index in [-0.39, 0.29) is 6.03 Å². The van der Waals surface area contributed by atoms with Gasteiger partial charge in [-0.05, 0) is 43.9 Å². The van der Waals surface area contributed by atoms with Crippen LogP contribution >= 0.6 is 0 Å². The van der Waals surface area contributed by atoms with Crippen LogP contribution in [0.1, 0.15) is 18.7 Å². The van der Waals surface area contributed by atoms with Crippen LogP contribution in [0.3, 0.4) is 0 Å². The lowest BCUT2D eigenvalue weighted by atomic mass is 9.97. The van der Waals surface area contributed by atoms with Crippen molar-refractivity contribution in [3.05, 3.63) is 61.1 Å². The van der Waals surface area contributed by atoms with Gasteiger partial charge in [0.1, 0.15) is 5.82 Å². The molecule has 1 saturated heterocycles. The molecule has 0 atom stereocenters. The molecule has 1 aromatic carbocycles. The standard InChI is InChI=1S/C21H24N6O/c1-16-23-8-5-20(24-16)18-3-2-4-19(13-18)25-21(28)27-10-6-17(7-11-27)14-26-12-9-22-15-26/h2-5,8-9,12-13,15,17H,6-7,10-11,14H2,1H3,(H,25,28). The van der Waals surface area contributed by atoms with Crippen molar-refractivity contribution in [3.8, 4) is 11.3 Å². The minimum absolute atomic E-state index is 0.0444. The highest BCUT2D eigenvalue weighted by atomic mass is 16.2. The van der Waals surface area contributed by atoms with Gasteiger partial charge < -0.3 is 14.8 Å². The molecule has 28 heavy (non-hydrogen) atoms. The summed E-state index contributed by atoms with van der Waals surface area (Å²) in [4.78, 5) is 27.2. The number of anilines is 1. The molecule has 7 heteroatoms. The number of piperidine rings is 1. The molecule has 0 unspecified atom stereocenters. The van der Waals surface area contributed by atoms with Gasteiger partial charge in [0.05, 0.1) is 12.0 Å². The van der Waals surface area contributed by atoms with E-state index in [0.717, 1.165) is 55.2 Å². The summed E-state index contributed by atoms with van der Waals surface area (Å²) >= 11 is 0. The first-order valence-electron chi connectivity index (χ1n) is 9.59. The molecule has 0 spiro atoms. The fourth-order valence-corrected chi connectivity index (χ4v) is 3.59. The third-order valence-corrected chi connectivity index (χ3v) is 5.12. The van der Waals surface area contributed by atoms with Crippen molar-refractivity contribution in [2.45, 2.75) is 26.3 Å². The molecular weight excluding hydrogens is 352 g/mol. The maximum absolute atomic E-state index is 12.7. The van der Waals surface area contributed by atoms with E-state index in [0.29, 0.717) is 5.92 Å². The van der Waals surface area contributed by atoms with Crippen LogP contribution in [-0.2, 0) is 6.54 Å². The van der Waals surface area contributed by atoms with Crippen LogP contribution in [0.25, 0.3) is 11.3 Å². The van der Waals surface area contributed by atoms with Gasteiger partial charge in [-0.3, -0.25) is 0 Å². The highest BCUT2D eigenvalue weighted by Gasteiger charge is 2.23. The Morgan fingerprint density at radius 3 is 2.82 bits per heavy atom. The summed E-state index contributed by atoms with van der Waals surface area (Å²) in [5.74, 6) is 1.31. The lowest BCUT2D eigenvalue weighted by Gasteiger charge is -2.32. The zero-order valence-electron chi connectivity index (χ0n) is 16.0. The number of aromatic nitrogens is 4. The SMILES string of the molecule is Cc1nccc(-c2cccc(NC(=O)N3CCC(Cn4ccnc4)CC3)c2)n1. The van der Waals surface area contributed by atoms with Gasteiger partial charge in [0.15, 0.2) is 0 Å². The Labute approximate surface area is 164 Å². The van der Waals surface area contributed by atoms with Crippen LogP contribution in [-0.4, -0.2) is 43.5 Å². The zero-order chi connectivity index (χ0) is 19.3. The average Bonchev–Trinajstić information content (AvgIpc) is 3.22. The largest absolute Gasteiger partial charge is 0.337 e. The molecular formula is C21H24N6O. The van der Waals surface area contributed by atoms with E-state index in [9.17, 15) is 4.79 Å². The molecule has 0 aliphatic carbocycles. The van der Waals surface area contributed by atoms with E-state index in [1.54, 1.807) is 12.4 Å². The number of aryl methyl sites for hydroxylation is 1. The molecule has 3 heterocycles. The number of benzene rings is 1. The van der Waals surface area contributed by atoms with E-state index >= 15 is 0 Å². The molecule has 0 saturated carbocycles. The molecule has 2 aromatic heterocycles. The number of nitrogens with zero attached hydrogens (tertiary/aromatic N) is 5. The third kappa shape index (κ3) is 4.36. The molecule has 144 valence electrons. The maximum atomic E-state index is 12.7. The Bertz CT molecular complexity index is 932. The second kappa shape index (κ2) is 8.21. The summed E-state index contributed by atoms with van der Waals surface area (Å²) in [6.45, 7) is 4.38. The van der Waals surface area contributed by atoms with Crippen molar-refractivity contribution in [1.29, 1.82) is 0 Å². The predicted octanol–water partition coefficient (Wildman–Crippen LogP) is 3.59. The molecule has 0 radical (unpaired) electrons. The topological polar surface area (TPSA) is 75.9 Å². The average molecular weight is 376 g/mol. The first-order chi connectivity index (χ1) is 13.7. The Morgan fingerprint density at radius 1 is 1.21 bits per heavy atom. The Balaban J connectivity index is 1.35. The van der Waals surface area contributed by atoms with E-state index < -0.39 is 0 Å². The lowest BCUT2D eigenvalue weighted by molar-refractivity contribution is 0.177. The second-order valence-electron chi connectivity index (χ2n) is 7.19. The van der Waals surface area contributed by atoms with Crippen LogP contribution in [0.4, 0.5) is 10.5 Å². The first-order valence-corrected chi connectivity index (χ1v) is 9.59. The molecule has 0 bridgehead atoms. The number of rotatable bonds is 4. The summed E-state index contributed by atoms with van der Waals surface area (Å²) in [6, 6.07) is 9.60. The number of amides is 2. The number of nitrogens with one attached hydrogen (secondary N) is 1. The number of carbonyl (C=O) groups is 1. The monoisotopic (exact) mass is 376 g/mol. The third-order valence-electron chi connectivity index (χ3n) is 5.12. The Hall–Kier alpha value is -3.22. The molecule has 1 aliphatic heterocycles. The van der Waals surface area contributed by atoms with Crippen LogP contribution < -0.4 is 5.32 Å². The van der Waals surface area contributed by atoms with Gasteiger partial charge in [-0.15, -0.1) is 0 Å². The first kappa shape index (κ1) is 18.2. The van der Waals surface area contributed by atoms with Gasteiger partial charge in [-0.1, -0.05) is 12.1 Å². The van der Waals surface area contributed by atoms with Crippen LogP contribution in [0.2, 0.25) is 0 Å². The van der Waals surface area contributed by atoms with E-state index in [2.05, 4.69) is 24.8 Å². The number of hydrogen-bond donors (Lipinski definition) is 1. The van der Waals surface area contributed by atoms with Crippen molar-refractivity contribution in [2.24, 2.45) is 5.92 Å². The number of urea groups is 1. The van der Waals surface area contributed by atoms with Crippen molar-refractivity contribution in [3.63, 3.8) is 0 Å². The molecule has 3 aromatic rings. The fraction of sp³-hybridized carbons (Fsp3) is 0.333. The van der Waals surface area contributed by atoms with Gasteiger partial charge in [0.2, 0.25) is 0 Å². The van der Waals surface area contributed by atoms with Gasteiger partial charge >= 0.3 is 6.03 Å². The minimum atomic E-state index is -0.0444. The van der Waals surface area contributed by atoms with Crippen molar-refractivity contribution in [1.82, 2.24) is 24.4 Å². The van der Waals surface area contributed by atoms with Gasteiger partial charge in [-0.2, -0.15) is 0 Å². The Kier molecular flexibility index (Phi) is 5.32. The maximum Gasteiger partial charge on any atom is 0.321 e. The minimum Gasteiger partial charge on any atom is -0.337 e. The van der Waals surface area contributed by atoms with Crippen molar-refractivity contribution < 1.29 is 4.79 Å². The van der Waals surface area contributed by atoms with Crippen molar-refractivity contribution >= 4 is 11.7 Å². The van der Waals surface area contributed by atoms with E-state index in [1.165, 1.54) is 0 Å². The number of likely N-dealkylation sites (tertiary alicyclic amines) is 1. The van der Waals surface area contributed by atoms with Gasteiger partial charge in [-0.25, -0.2) is 19.7 Å². The highest BCUT2D eigenvalue weighted by Crippen LogP contribution is 2.23. The Morgan fingerprint density at radius 2 is 2.07 bits per heavy atom. The summed E-state index contributed by atoms with van der Waals surface area (Å²) in [6.07, 6.45) is 9.41. The summed E-state index contributed by atoms with van der Waals surface area (Å²) in [5, 5.41) is 3.03. The van der Waals surface area contributed by atoms with Crippen molar-refractivity contribution in [2.75, 3.05) is 18.4 Å². The molecule has 1 fully saturated rings. The molecule has 4 rings (SSSR count). The number of imidazole rings is 1. The number of hydrogen-bond acceptors (Lipinski definition) is 4. The highest BCUT2D eigenvalue weighted by molar-refractivity contribution is 5.90. The smallest absolute Gasteiger partial charge is 0.321 e. The van der Waals surface area contributed by atoms with E-state index in [1.807, 2.05) is 54.7 Å².